The summed E-state index contributed by atoms with van der Waals surface area (Å²) in [4.78, 5) is 23.0. The van der Waals surface area contributed by atoms with Gasteiger partial charge in [0.25, 0.3) is 0 Å². The van der Waals surface area contributed by atoms with Gasteiger partial charge in [0.2, 0.25) is 5.91 Å². The molecule has 1 fully saturated rings. The molecule has 2 amide bonds. The zero-order valence-electron chi connectivity index (χ0n) is 10.3. The quantitative estimate of drug-likeness (QED) is 0.708. The van der Waals surface area contributed by atoms with Crippen LogP contribution < -0.4 is 10.6 Å². The first-order valence-electron chi connectivity index (χ1n) is 5.58. The minimum atomic E-state index is -0.540. The summed E-state index contributed by atoms with van der Waals surface area (Å²) in [6.07, 6.45) is 0.987. The molecule has 0 bridgehead atoms. The highest BCUT2D eigenvalue weighted by Crippen LogP contribution is 2.11. The molecular weight excluding hydrogens is 208 g/mol. The number of alkyl carbamates (subject to hydrolysis) is 1. The van der Waals surface area contributed by atoms with Crippen LogP contribution in [0.15, 0.2) is 0 Å². The van der Waals surface area contributed by atoms with Crippen molar-refractivity contribution in [3.05, 3.63) is 0 Å². The van der Waals surface area contributed by atoms with Crippen molar-refractivity contribution in [2.24, 2.45) is 0 Å². The summed E-state index contributed by atoms with van der Waals surface area (Å²) >= 11 is 0. The highest BCUT2D eigenvalue weighted by atomic mass is 16.6. The standard InChI is InChI=1S/C11H20N2O3/c1-7-5-6-8(9(14)12-7)13-10(15)16-11(2,3)4/h7-8H,5-6H2,1-4H3,(H,12,14)(H,13,15)/t7-,8+/m1/s1. The van der Waals surface area contributed by atoms with Gasteiger partial charge in [-0.05, 0) is 40.5 Å². The van der Waals surface area contributed by atoms with Crippen molar-refractivity contribution in [1.29, 1.82) is 0 Å². The Bertz CT molecular complexity index is 283. The second kappa shape index (κ2) is 4.72. The average Bonchev–Trinajstić information content (AvgIpc) is 2.06. The molecular formula is C11H20N2O3. The predicted octanol–water partition coefficient (Wildman–Crippen LogP) is 1.18. The van der Waals surface area contributed by atoms with Gasteiger partial charge in [0.05, 0.1) is 0 Å². The minimum Gasteiger partial charge on any atom is -0.444 e. The van der Waals surface area contributed by atoms with Crippen LogP contribution in [-0.4, -0.2) is 29.7 Å². The third-order valence-corrected chi connectivity index (χ3v) is 2.28. The molecule has 1 saturated heterocycles. The number of hydrogen-bond donors (Lipinski definition) is 2. The van der Waals surface area contributed by atoms with Crippen LogP contribution in [0.5, 0.6) is 0 Å². The molecule has 0 aliphatic carbocycles. The van der Waals surface area contributed by atoms with Gasteiger partial charge in [-0.15, -0.1) is 0 Å². The van der Waals surface area contributed by atoms with Gasteiger partial charge in [0.15, 0.2) is 0 Å². The van der Waals surface area contributed by atoms with Crippen LogP contribution in [0.3, 0.4) is 0 Å². The lowest BCUT2D eigenvalue weighted by atomic mass is 10.0. The molecule has 1 heterocycles. The number of ether oxygens (including phenoxy) is 1. The minimum absolute atomic E-state index is 0.135. The van der Waals surface area contributed by atoms with Gasteiger partial charge in [-0.1, -0.05) is 0 Å². The van der Waals surface area contributed by atoms with Crippen molar-refractivity contribution in [1.82, 2.24) is 10.6 Å². The van der Waals surface area contributed by atoms with E-state index in [1.807, 2.05) is 6.92 Å². The van der Waals surface area contributed by atoms with Gasteiger partial charge < -0.3 is 15.4 Å². The largest absolute Gasteiger partial charge is 0.444 e. The monoisotopic (exact) mass is 228 g/mol. The Morgan fingerprint density at radius 1 is 1.44 bits per heavy atom. The summed E-state index contributed by atoms with van der Waals surface area (Å²) in [5.74, 6) is -0.135. The highest BCUT2D eigenvalue weighted by molar-refractivity contribution is 5.86. The van der Waals surface area contributed by atoms with E-state index in [9.17, 15) is 9.59 Å². The Kier molecular flexibility index (Phi) is 3.78. The molecule has 0 aromatic heterocycles. The smallest absolute Gasteiger partial charge is 0.408 e. The van der Waals surface area contributed by atoms with E-state index in [4.69, 9.17) is 4.74 Å². The van der Waals surface area contributed by atoms with Crippen LogP contribution in [0.4, 0.5) is 4.79 Å². The molecule has 0 aromatic carbocycles. The van der Waals surface area contributed by atoms with E-state index in [0.29, 0.717) is 6.42 Å². The third-order valence-electron chi connectivity index (χ3n) is 2.28. The zero-order chi connectivity index (χ0) is 12.3. The summed E-state index contributed by atoms with van der Waals surface area (Å²) < 4.78 is 5.09. The topological polar surface area (TPSA) is 67.4 Å². The second-order valence-corrected chi connectivity index (χ2v) is 5.19. The molecule has 0 saturated carbocycles. The number of rotatable bonds is 1. The van der Waals surface area contributed by atoms with Gasteiger partial charge in [-0.25, -0.2) is 4.79 Å². The molecule has 5 heteroatoms. The molecule has 0 unspecified atom stereocenters. The summed E-state index contributed by atoms with van der Waals surface area (Å²) in [6, 6.07) is -0.282. The molecule has 1 rings (SSSR count). The first-order valence-corrected chi connectivity index (χ1v) is 5.58. The van der Waals surface area contributed by atoms with E-state index < -0.39 is 17.7 Å². The van der Waals surface area contributed by atoms with Crippen LogP contribution in [0.25, 0.3) is 0 Å². The second-order valence-electron chi connectivity index (χ2n) is 5.19. The SMILES string of the molecule is C[C@@H]1CC[C@H](NC(=O)OC(C)(C)C)C(=O)N1. The maximum absolute atomic E-state index is 11.5. The Hall–Kier alpha value is -1.26. The molecule has 16 heavy (non-hydrogen) atoms. The van der Waals surface area contributed by atoms with Crippen LogP contribution >= 0.6 is 0 Å². The predicted molar refractivity (Wildman–Crippen MR) is 60.0 cm³/mol. The fourth-order valence-electron chi connectivity index (χ4n) is 1.55. The Morgan fingerprint density at radius 3 is 2.56 bits per heavy atom. The van der Waals surface area contributed by atoms with Gasteiger partial charge >= 0.3 is 6.09 Å². The number of nitrogens with one attached hydrogen (secondary N) is 2. The van der Waals surface area contributed by atoms with Crippen molar-refractivity contribution in [2.75, 3.05) is 0 Å². The lowest BCUT2D eigenvalue weighted by Crippen LogP contribution is -2.53. The van der Waals surface area contributed by atoms with Crippen LogP contribution in [0.2, 0.25) is 0 Å². The van der Waals surface area contributed by atoms with Gasteiger partial charge in [-0.3, -0.25) is 4.79 Å². The number of hydrogen-bond acceptors (Lipinski definition) is 3. The van der Waals surface area contributed by atoms with Crippen LogP contribution in [0.1, 0.15) is 40.5 Å². The first kappa shape index (κ1) is 12.8. The van der Waals surface area contributed by atoms with Crippen molar-refractivity contribution in [3.8, 4) is 0 Å². The van der Waals surface area contributed by atoms with Gasteiger partial charge in [0, 0.05) is 6.04 Å². The van der Waals surface area contributed by atoms with Crippen molar-refractivity contribution in [3.63, 3.8) is 0 Å². The molecule has 92 valence electrons. The maximum Gasteiger partial charge on any atom is 0.408 e. The summed E-state index contributed by atoms with van der Waals surface area (Å²) in [5, 5.41) is 5.36. The molecule has 1 aliphatic heterocycles. The highest BCUT2D eigenvalue weighted by Gasteiger charge is 2.28. The lowest BCUT2D eigenvalue weighted by Gasteiger charge is -2.28. The zero-order valence-corrected chi connectivity index (χ0v) is 10.3. The Labute approximate surface area is 95.9 Å². The summed E-state index contributed by atoms with van der Waals surface area (Å²) in [6.45, 7) is 7.31. The van der Waals surface area contributed by atoms with E-state index in [0.717, 1.165) is 6.42 Å². The molecule has 2 N–H and O–H groups in total. The fraction of sp³-hybridized carbons (Fsp3) is 0.818. The molecule has 0 radical (unpaired) electrons. The normalized spacial score (nSPS) is 25.9. The fourth-order valence-corrected chi connectivity index (χ4v) is 1.55. The molecule has 5 nitrogen and oxygen atoms in total. The Morgan fingerprint density at radius 2 is 2.06 bits per heavy atom. The first-order chi connectivity index (χ1) is 7.28. The summed E-state index contributed by atoms with van der Waals surface area (Å²) in [5.41, 5.74) is -0.539. The molecule has 2 atom stereocenters. The van der Waals surface area contributed by atoms with E-state index in [2.05, 4.69) is 10.6 Å². The van der Waals surface area contributed by atoms with Crippen molar-refractivity contribution in [2.45, 2.75) is 58.2 Å². The maximum atomic E-state index is 11.5. The van der Waals surface area contributed by atoms with Gasteiger partial charge in [-0.2, -0.15) is 0 Å². The van der Waals surface area contributed by atoms with E-state index in [-0.39, 0.29) is 11.9 Å². The molecule has 1 aliphatic rings. The van der Waals surface area contributed by atoms with Crippen LogP contribution in [0, 0.1) is 0 Å². The van der Waals surface area contributed by atoms with Crippen LogP contribution in [-0.2, 0) is 9.53 Å². The van der Waals surface area contributed by atoms with E-state index in [1.54, 1.807) is 20.8 Å². The number of amides is 2. The van der Waals surface area contributed by atoms with Gasteiger partial charge in [0.1, 0.15) is 11.6 Å². The van der Waals surface area contributed by atoms with E-state index in [1.165, 1.54) is 0 Å². The average molecular weight is 228 g/mol. The van der Waals surface area contributed by atoms with Crippen molar-refractivity contribution < 1.29 is 14.3 Å². The number of piperidine rings is 1. The number of carbonyl (C=O) groups is 2. The third kappa shape index (κ3) is 4.08. The molecule has 0 spiro atoms. The summed E-state index contributed by atoms with van der Waals surface area (Å²) in [7, 11) is 0. The lowest BCUT2D eigenvalue weighted by molar-refractivity contribution is -0.125. The Balaban J connectivity index is 2.43. The van der Waals surface area contributed by atoms with Crippen molar-refractivity contribution >= 4 is 12.0 Å². The number of carbonyl (C=O) groups excluding carboxylic acids is 2. The molecule has 0 aromatic rings. The van der Waals surface area contributed by atoms with E-state index >= 15 is 0 Å².